The van der Waals surface area contributed by atoms with Crippen LogP contribution in [0.1, 0.15) is 31.4 Å². The van der Waals surface area contributed by atoms with Crippen LogP contribution in [0.5, 0.6) is 11.5 Å². The molecule has 0 saturated heterocycles. The summed E-state index contributed by atoms with van der Waals surface area (Å²) in [5.74, 6) is 1.53. The Balaban J connectivity index is 2.14. The predicted molar refractivity (Wildman–Crippen MR) is 95.4 cm³/mol. The van der Waals surface area contributed by atoms with Gasteiger partial charge in [0.2, 0.25) is 0 Å². The van der Waals surface area contributed by atoms with E-state index in [1.54, 1.807) is 7.11 Å². The van der Waals surface area contributed by atoms with Gasteiger partial charge in [-0.2, -0.15) is 0 Å². The molecule has 0 aromatic heterocycles. The lowest BCUT2D eigenvalue weighted by atomic mass is 10.1. The highest BCUT2D eigenvalue weighted by Gasteiger charge is 2.11. The Bertz CT molecular complexity index is 631. The highest BCUT2D eigenvalue weighted by molar-refractivity contribution is 6.30. The SMILES string of the molecule is CC[C@H](C)NCc1cccc(OC)c1OCc1cccc(Cl)c1. The van der Waals surface area contributed by atoms with Crippen molar-refractivity contribution in [1.29, 1.82) is 0 Å². The molecule has 0 saturated carbocycles. The van der Waals surface area contributed by atoms with Crippen LogP contribution in [0.15, 0.2) is 42.5 Å². The highest BCUT2D eigenvalue weighted by Crippen LogP contribution is 2.32. The van der Waals surface area contributed by atoms with Gasteiger partial charge in [0.25, 0.3) is 0 Å². The third-order valence-corrected chi connectivity index (χ3v) is 4.04. The third-order valence-electron chi connectivity index (χ3n) is 3.81. The van der Waals surface area contributed by atoms with Gasteiger partial charge in [0.1, 0.15) is 6.61 Å². The first kappa shape index (κ1) is 17.6. The van der Waals surface area contributed by atoms with Crippen LogP contribution in [0.2, 0.25) is 5.02 Å². The van der Waals surface area contributed by atoms with Gasteiger partial charge in [-0.3, -0.25) is 0 Å². The molecule has 2 aromatic carbocycles. The molecule has 2 aromatic rings. The number of hydrogen-bond acceptors (Lipinski definition) is 3. The number of methoxy groups -OCH3 is 1. The van der Waals surface area contributed by atoms with Crippen molar-refractivity contribution in [2.24, 2.45) is 0 Å². The van der Waals surface area contributed by atoms with E-state index in [0.29, 0.717) is 17.7 Å². The second-order valence-corrected chi connectivity index (χ2v) is 5.99. The Labute approximate surface area is 143 Å². The monoisotopic (exact) mass is 333 g/mol. The molecule has 0 aliphatic heterocycles. The van der Waals surface area contributed by atoms with Gasteiger partial charge in [-0.25, -0.2) is 0 Å². The smallest absolute Gasteiger partial charge is 0.166 e. The number of benzene rings is 2. The summed E-state index contributed by atoms with van der Waals surface area (Å²) >= 11 is 6.03. The van der Waals surface area contributed by atoms with Gasteiger partial charge in [0, 0.05) is 23.2 Å². The minimum atomic E-state index is 0.456. The number of para-hydroxylation sites is 1. The predicted octanol–water partition coefficient (Wildman–Crippen LogP) is 4.82. The fraction of sp³-hybridized carbons (Fsp3) is 0.368. The third kappa shape index (κ3) is 5.15. The molecule has 4 heteroatoms. The second kappa shape index (κ2) is 8.80. The average Bonchev–Trinajstić information content (AvgIpc) is 2.57. The summed E-state index contributed by atoms with van der Waals surface area (Å²) < 4.78 is 11.5. The van der Waals surface area contributed by atoms with Gasteiger partial charge in [0.15, 0.2) is 11.5 Å². The minimum absolute atomic E-state index is 0.456. The summed E-state index contributed by atoms with van der Waals surface area (Å²) in [5, 5.41) is 4.20. The first-order valence-corrected chi connectivity index (χ1v) is 8.28. The van der Waals surface area contributed by atoms with E-state index in [-0.39, 0.29) is 0 Å². The Hall–Kier alpha value is -1.71. The summed E-state index contributed by atoms with van der Waals surface area (Å²) in [5.41, 5.74) is 2.12. The lowest BCUT2D eigenvalue weighted by Gasteiger charge is -2.17. The van der Waals surface area contributed by atoms with E-state index in [9.17, 15) is 0 Å². The number of rotatable bonds is 8. The highest BCUT2D eigenvalue weighted by atomic mass is 35.5. The zero-order valence-electron chi connectivity index (χ0n) is 13.9. The Morgan fingerprint density at radius 1 is 1.17 bits per heavy atom. The standard InChI is InChI=1S/C19H24ClNO2/c1-4-14(2)21-12-16-8-6-10-18(22-3)19(16)23-13-15-7-5-9-17(20)11-15/h5-11,14,21H,4,12-13H2,1-3H3/t14-/m0/s1. The topological polar surface area (TPSA) is 30.5 Å². The lowest BCUT2D eigenvalue weighted by Crippen LogP contribution is -2.24. The van der Waals surface area contributed by atoms with E-state index in [1.807, 2.05) is 36.4 Å². The summed E-state index contributed by atoms with van der Waals surface area (Å²) in [6.07, 6.45) is 1.09. The van der Waals surface area contributed by atoms with Crippen LogP contribution >= 0.6 is 11.6 Å². The fourth-order valence-corrected chi connectivity index (χ4v) is 2.45. The largest absolute Gasteiger partial charge is 0.493 e. The molecule has 2 rings (SSSR count). The molecule has 124 valence electrons. The van der Waals surface area contributed by atoms with Crippen LogP contribution < -0.4 is 14.8 Å². The van der Waals surface area contributed by atoms with Gasteiger partial charge >= 0.3 is 0 Å². The average molecular weight is 334 g/mol. The van der Waals surface area contributed by atoms with Crippen molar-refractivity contribution in [2.75, 3.05) is 7.11 Å². The molecule has 1 atom stereocenters. The van der Waals surface area contributed by atoms with Crippen LogP contribution in [0.3, 0.4) is 0 Å². The van der Waals surface area contributed by atoms with Gasteiger partial charge in [-0.15, -0.1) is 0 Å². The summed E-state index contributed by atoms with van der Waals surface area (Å²) in [6, 6.07) is 14.1. The van der Waals surface area contributed by atoms with E-state index in [4.69, 9.17) is 21.1 Å². The van der Waals surface area contributed by atoms with Gasteiger partial charge < -0.3 is 14.8 Å². The quantitative estimate of drug-likeness (QED) is 0.751. The second-order valence-electron chi connectivity index (χ2n) is 5.56. The zero-order chi connectivity index (χ0) is 16.7. The van der Waals surface area contributed by atoms with Crippen LogP contribution in [0.25, 0.3) is 0 Å². The maximum atomic E-state index is 6.04. The summed E-state index contributed by atoms with van der Waals surface area (Å²) in [7, 11) is 1.66. The fourth-order valence-electron chi connectivity index (χ4n) is 2.24. The van der Waals surface area contributed by atoms with Gasteiger partial charge in [-0.1, -0.05) is 42.8 Å². The zero-order valence-corrected chi connectivity index (χ0v) is 14.7. The van der Waals surface area contributed by atoms with Crippen LogP contribution in [0.4, 0.5) is 0 Å². The molecule has 0 unspecified atom stereocenters. The number of ether oxygens (including phenoxy) is 2. The molecule has 1 N–H and O–H groups in total. The van der Waals surface area contributed by atoms with E-state index in [0.717, 1.165) is 35.6 Å². The van der Waals surface area contributed by atoms with Crippen molar-refractivity contribution in [1.82, 2.24) is 5.32 Å². The Morgan fingerprint density at radius 3 is 2.65 bits per heavy atom. The molecule has 0 fully saturated rings. The number of halogens is 1. The molecule has 0 spiro atoms. The lowest BCUT2D eigenvalue weighted by molar-refractivity contribution is 0.280. The van der Waals surface area contributed by atoms with E-state index >= 15 is 0 Å². The van der Waals surface area contributed by atoms with E-state index in [1.165, 1.54) is 0 Å². The Morgan fingerprint density at radius 2 is 1.96 bits per heavy atom. The molecule has 0 heterocycles. The number of hydrogen-bond donors (Lipinski definition) is 1. The first-order chi connectivity index (χ1) is 11.1. The van der Waals surface area contributed by atoms with Crippen LogP contribution in [0, 0.1) is 0 Å². The van der Waals surface area contributed by atoms with Crippen molar-refractivity contribution < 1.29 is 9.47 Å². The van der Waals surface area contributed by atoms with E-state index < -0.39 is 0 Å². The van der Waals surface area contributed by atoms with Crippen LogP contribution in [-0.2, 0) is 13.2 Å². The van der Waals surface area contributed by atoms with Crippen molar-refractivity contribution in [3.63, 3.8) is 0 Å². The molecule has 3 nitrogen and oxygen atoms in total. The molecular formula is C19H24ClNO2. The van der Waals surface area contributed by atoms with Crippen LogP contribution in [-0.4, -0.2) is 13.2 Å². The van der Waals surface area contributed by atoms with Crippen molar-refractivity contribution >= 4 is 11.6 Å². The molecular weight excluding hydrogens is 310 g/mol. The van der Waals surface area contributed by atoms with Gasteiger partial charge in [0.05, 0.1) is 7.11 Å². The van der Waals surface area contributed by atoms with Gasteiger partial charge in [-0.05, 0) is 37.1 Å². The van der Waals surface area contributed by atoms with Crippen molar-refractivity contribution in [2.45, 2.75) is 39.5 Å². The molecule has 0 bridgehead atoms. The van der Waals surface area contributed by atoms with Crippen molar-refractivity contribution in [3.8, 4) is 11.5 Å². The van der Waals surface area contributed by atoms with E-state index in [2.05, 4.69) is 25.2 Å². The molecule has 0 aliphatic carbocycles. The maximum absolute atomic E-state index is 6.04. The first-order valence-electron chi connectivity index (χ1n) is 7.90. The van der Waals surface area contributed by atoms with Crippen molar-refractivity contribution in [3.05, 3.63) is 58.6 Å². The summed E-state index contributed by atoms with van der Waals surface area (Å²) in [6.45, 7) is 5.54. The summed E-state index contributed by atoms with van der Waals surface area (Å²) in [4.78, 5) is 0. The molecule has 0 amide bonds. The molecule has 0 radical (unpaired) electrons. The Kier molecular flexibility index (Phi) is 6.75. The normalized spacial score (nSPS) is 12.0. The molecule has 0 aliphatic rings. The maximum Gasteiger partial charge on any atom is 0.166 e. The molecule has 23 heavy (non-hydrogen) atoms. The minimum Gasteiger partial charge on any atom is -0.493 e. The number of nitrogens with one attached hydrogen (secondary N) is 1.